The summed E-state index contributed by atoms with van der Waals surface area (Å²) in [6.45, 7) is -0.183. The number of nitrogens with one attached hydrogen (secondary N) is 4. The number of aliphatic hydroxyl groups is 1. The lowest BCUT2D eigenvalue weighted by atomic mass is 9.54. The third-order valence-electron chi connectivity index (χ3n) is 8.91. The van der Waals surface area contributed by atoms with E-state index < -0.39 is 35.4 Å². The zero-order valence-electron chi connectivity index (χ0n) is 23.6. The van der Waals surface area contributed by atoms with Crippen molar-refractivity contribution in [3.63, 3.8) is 0 Å². The number of aliphatic hydroxyl groups excluding tert-OH is 1. The number of hydrogen-bond donors (Lipinski definition) is 5. The highest BCUT2D eigenvalue weighted by atomic mass is 79.9. The molecule has 4 saturated carbocycles. The van der Waals surface area contributed by atoms with Crippen LogP contribution in [0.15, 0.2) is 33.7 Å². The zero-order valence-corrected chi connectivity index (χ0v) is 26.8. The maximum Gasteiger partial charge on any atom is 0.274 e. The third-order valence-corrected chi connectivity index (χ3v) is 11.4. The van der Waals surface area contributed by atoms with E-state index in [1.54, 1.807) is 6.07 Å². The zero-order chi connectivity index (χ0) is 30.8. The number of rotatable bonds is 11. The number of amides is 4. The summed E-state index contributed by atoms with van der Waals surface area (Å²) < 4.78 is 2.13. The Morgan fingerprint density at radius 2 is 1.77 bits per heavy atom. The Morgan fingerprint density at radius 1 is 1.09 bits per heavy atom. The van der Waals surface area contributed by atoms with Crippen LogP contribution in [-0.2, 0) is 20.9 Å². The molecule has 4 aliphatic carbocycles. The first-order chi connectivity index (χ1) is 20.5. The van der Waals surface area contributed by atoms with Crippen LogP contribution in [0.25, 0.3) is 0 Å². The lowest BCUT2D eigenvalue weighted by molar-refractivity contribution is -0.129. The summed E-state index contributed by atoms with van der Waals surface area (Å²) in [6.07, 6.45) is 5.83. The molecule has 0 aliphatic heterocycles. The van der Waals surface area contributed by atoms with Crippen LogP contribution in [0.2, 0.25) is 4.34 Å². The minimum Gasteiger partial charge on any atom is -0.383 e. The SMILES string of the molecule is CNC(=O)C(O)CC[C@H](NC(=O)c1cc(Br)c(Cl)s1)C(=O)Nc1cccn(CC(=O)NC2C3CC4CC(C3)CC2C4)c1=O. The van der Waals surface area contributed by atoms with Crippen molar-refractivity contribution in [3.8, 4) is 0 Å². The van der Waals surface area contributed by atoms with E-state index in [9.17, 15) is 29.1 Å². The van der Waals surface area contributed by atoms with Crippen LogP contribution in [-0.4, -0.2) is 58.5 Å². The van der Waals surface area contributed by atoms with E-state index in [1.165, 1.54) is 36.4 Å². The van der Waals surface area contributed by atoms with Crippen molar-refractivity contribution < 1.29 is 24.3 Å². The van der Waals surface area contributed by atoms with Crippen molar-refractivity contribution in [1.29, 1.82) is 0 Å². The summed E-state index contributed by atoms with van der Waals surface area (Å²) in [5.41, 5.74) is -0.636. The van der Waals surface area contributed by atoms with Crippen molar-refractivity contribution in [2.24, 2.45) is 23.7 Å². The lowest BCUT2D eigenvalue weighted by Gasteiger charge is -2.54. The van der Waals surface area contributed by atoms with E-state index in [4.69, 9.17) is 11.6 Å². The van der Waals surface area contributed by atoms with Gasteiger partial charge in [0, 0.05) is 23.8 Å². The Balaban J connectivity index is 1.25. The fourth-order valence-corrected chi connectivity index (χ4v) is 8.71. The number of carbonyl (C=O) groups excluding carboxylic acids is 4. The van der Waals surface area contributed by atoms with Gasteiger partial charge in [0.05, 0.1) is 4.88 Å². The molecule has 6 rings (SSSR count). The van der Waals surface area contributed by atoms with Gasteiger partial charge in [0.15, 0.2) is 0 Å². The first-order valence-corrected chi connectivity index (χ1v) is 16.5. The van der Waals surface area contributed by atoms with Gasteiger partial charge < -0.3 is 30.9 Å². The highest BCUT2D eigenvalue weighted by Gasteiger charge is 2.48. The highest BCUT2D eigenvalue weighted by molar-refractivity contribution is 9.10. The molecule has 232 valence electrons. The normalized spacial score (nSPS) is 25.1. The van der Waals surface area contributed by atoms with Crippen molar-refractivity contribution in [3.05, 3.63) is 48.4 Å². The van der Waals surface area contributed by atoms with Gasteiger partial charge in [0.1, 0.15) is 28.7 Å². The molecule has 2 aromatic heterocycles. The van der Waals surface area contributed by atoms with Gasteiger partial charge in [-0.05, 0) is 103 Å². The summed E-state index contributed by atoms with van der Waals surface area (Å²) in [4.78, 5) is 64.5. The number of carbonyl (C=O) groups is 4. The third kappa shape index (κ3) is 7.33. The number of anilines is 1. The second-order valence-electron chi connectivity index (χ2n) is 11.8. The number of aromatic nitrogens is 1. The molecule has 4 bridgehead atoms. The summed E-state index contributed by atoms with van der Waals surface area (Å²) >= 11 is 10.3. The van der Waals surface area contributed by atoms with Crippen molar-refractivity contribution >= 4 is 68.2 Å². The minimum atomic E-state index is -1.40. The standard InChI is InChI=1S/C29H35BrClN5O6S/c1-32-27(40)21(37)5-4-19(33-28(41)22-12-18(30)25(31)43-22)26(39)34-20-3-2-6-36(29(20)42)13-23(38)35-24-16-8-14-7-15(10-16)11-17(24)9-14/h2-3,6,12,14-17,19,21,24,37H,4-5,7-11,13H2,1H3,(H,32,40)(H,33,41)(H,34,39)(H,35,38)/t14?,15?,16?,17?,19-,21?,24?/m0/s1. The van der Waals surface area contributed by atoms with Gasteiger partial charge in [-0.2, -0.15) is 0 Å². The molecular weight excluding hydrogens is 662 g/mol. The Hall–Kier alpha value is -2.74. The smallest absolute Gasteiger partial charge is 0.274 e. The quantitative estimate of drug-likeness (QED) is 0.243. The Kier molecular flexibility index (Phi) is 9.94. The van der Waals surface area contributed by atoms with Gasteiger partial charge in [0.2, 0.25) is 17.7 Å². The van der Waals surface area contributed by atoms with E-state index in [0.717, 1.165) is 48.9 Å². The number of thiophene rings is 1. The molecule has 43 heavy (non-hydrogen) atoms. The molecule has 2 aromatic rings. The fraction of sp³-hybridized carbons (Fsp3) is 0.552. The largest absolute Gasteiger partial charge is 0.383 e. The van der Waals surface area contributed by atoms with Crippen molar-refractivity contribution in [1.82, 2.24) is 20.5 Å². The molecule has 0 spiro atoms. The van der Waals surface area contributed by atoms with Gasteiger partial charge in [-0.1, -0.05) is 11.6 Å². The number of hydrogen-bond acceptors (Lipinski definition) is 7. The first-order valence-electron chi connectivity index (χ1n) is 14.5. The second kappa shape index (κ2) is 13.5. The molecule has 0 radical (unpaired) electrons. The predicted octanol–water partition coefficient (Wildman–Crippen LogP) is 2.89. The molecule has 5 N–H and O–H groups in total. The molecule has 0 saturated heterocycles. The van der Waals surface area contributed by atoms with Crippen LogP contribution >= 0.6 is 38.9 Å². The minimum absolute atomic E-state index is 0.0667. The monoisotopic (exact) mass is 695 g/mol. The fourth-order valence-electron chi connectivity index (χ4n) is 7.10. The van der Waals surface area contributed by atoms with Crippen LogP contribution in [0.1, 0.15) is 54.6 Å². The molecule has 1 unspecified atom stereocenters. The summed E-state index contributed by atoms with van der Waals surface area (Å²) in [6, 6.07) is 3.44. The number of nitrogens with zero attached hydrogens (tertiary/aromatic N) is 1. The van der Waals surface area contributed by atoms with Gasteiger partial charge in [-0.3, -0.25) is 24.0 Å². The van der Waals surface area contributed by atoms with Crippen molar-refractivity contribution in [2.45, 2.75) is 69.7 Å². The van der Waals surface area contributed by atoms with Gasteiger partial charge in [0.25, 0.3) is 11.5 Å². The average molecular weight is 697 g/mol. The van der Waals surface area contributed by atoms with Gasteiger partial charge in [-0.15, -0.1) is 11.3 Å². The van der Waals surface area contributed by atoms with E-state index in [-0.39, 0.29) is 41.9 Å². The molecule has 11 nitrogen and oxygen atoms in total. The molecular formula is C29H35BrClN5O6S. The number of likely N-dealkylation sites (N-methyl/N-ethyl adjacent to an activating group) is 1. The van der Waals surface area contributed by atoms with Crippen LogP contribution in [0.4, 0.5) is 5.69 Å². The Labute approximate surface area is 266 Å². The Bertz CT molecular complexity index is 1420. The first kappa shape index (κ1) is 31.7. The van der Waals surface area contributed by atoms with Crippen LogP contribution in [0.5, 0.6) is 0 Å². The molecule has 4 amide bonds. The summed E-state index contributed by atoms with van der Waals surface area (Å²) in [5, 5.41) is 20.8. The molecule has 2 atom stereocenters. The lowest BCUT2D eigenvalue weighted by Crippen LogP contribution is -2.56. The van der Waals surface area contributed by atoms with E-state index in [1.807, 2.05) is 0 Å². The molecule has 4 aliphatic rings. The van der Waals surface area contributed by atoms with Gasteiger partial charge in [-0.25, -0.2) is 0 Å². The van der Waals surface area contributed by atoms with Crippen LogP contribution < -0.4 is 26.8 Å². The summed E-state index contributed by atoms with van der Waals surface area (Å²) in [7, 11) is 1.37. The van der Waals surface area contributed by atoms with E-state index in [2.05, 4.69) is 37.2 Å². The molecule has 0 aromatic carbocycles. The van der Waals surface area contributed by atoms with Crippen molar-refractivity contribution in [2.75, 3.05) is 12.4 Å². The number of halogens is 2. The molecule has 2 heterocycles. The van der Waals surface area contributed by atoms with Gasteiger partial charge >= 0.3 is 0 Å². The second-order valence-corrected chi connectivity index (χ2v) is 14.3. The van der Waals surface area contributed by atoms with Crippen LogP contribution in [0, 0.1) is 23.7 Å². The predicted molar refractivity (Wildman–Crippen MR) is 166 cm³/mol. The van der Waals surface area contributed by atoms with Crippen LogP contribution in [0.3, 0.4) is 0 Å². The van der Waals surface area contributed by atoms with E-state index >= 15 is 0 Å². The Morgan fingerprint density at radius 3 is 2.37 bits per heavy atom. The number of pyridine rings is 1. The van der Waals surface area contributed by atoms with E-state index in [0.29, 0.717) is 20.6 Å². The topological polar surface area (TPSA) is 159 Å². The maximum absolute atomic E-state index is 13.3. The summed E-state index contributed by atoms with van der Waals surface area (Å²) in [5.74, 6) is 0.403. The molecule has 14 heteroatoms. The maximum atomic E-state index is 13.3. The molecule has 4 fully saturated rings. The average Bonchev–Trinajstić information content (AvgIpc) is 3.31. The highest BCUT2D eigenvalue weighted by Crippen LogP contribution is 2.53.